The predicted molar refractivity (Wildman–Crippen MR) is 71.3 cm³/mol. The molecule has 0 aromatic rings. The van der Waals surface area contributed by atoms with Crippen LogP contribution >= 0.6 is 0 Å². The lowest BCUT2D eigenvalue weighted by Crippen LogP contribution is -2.42. The summed E-state index contributed by atoms with van der Waals surface area (Å²) in [4.78, 5) is 24.2. The molecular weight excluding hydrogens is 240 g/mol. The van der Waals surface area contributed by atoms with Crippen molar-refractivity contribution in [2.45, 2.75) is 33.1 Å². The number of fused-ring (bicyclic) bond motifs is 3. The summed E-state index contributed by atoms with van der Waals surface area (Å²) in [6.07, 6.45) is 4.56. The van der Waals surface area contributed by atoms with Gasteiger partial charge in [-0.25, -0.2) is 0 Å². The molecule has 0 bridgehead atoms. The number of hydrogen-bond donors (Lipinski definition) is 0. The molecule has 4 atom stereocenters. The third kappa shape index (κ3) is 1.28. The molecule has 0 heterocycles. The van der Waals surface area contributed by atoms with E-state index in [4.69, 9.17) is 4.74 Å². The van der Waals surface area contributed by atoms with E-state index >= 15 is 0 Å². The summed E-state index contributed by atoms with van der Waals surface area (Å²) < 4.78 is 5.03. The maximum Gasteiger partial charge on any atom is 0.311 e. The van der Waals surface area contributed by atoms with Gasteiger partial charge in [-0.3, -0.25) is 9.59 Å². The Hall–Kier alpha value is -1.38. The van der Waals surface area contributed by atoms with Crippen LogP contribution in [-0.4, -0.2) is 18.9 Å². The molecule has 3 aliphatic rings. The van der Waals surface area contributed by atoms with Gasteiger partial charge in [0, 0.05) is 11.0 Å². The van der Waals surface area contributed by atoms with Crippen molar-refractivity contribution in [3.63, 3.8) is 0 Å². The van der Waals surface area contributed by atoms with Gasteiger partial charge in [0.05, 0.1) is 12.5 Å². The molecule has 3 nitrogen and oxygen atoms in total. The second-order valence-electron chi connectivity index (χ2n) is 6.60. The molecule has 0 saturated heterocycles. The first-order valence-corrected chi connectivity index (χ1v) is 6.89. The van der Waals surface area contributed by atoms with Crippen LogP contribution in [0.25, 0.3) is 0 Å². The minimum absolute atomic E-state index is 0.0371. The van der Waals surface area contributed by atoms with Gasteiger partial charge in [0.25, 0.3) is 0 Å². The van der Waals surface area contributed by atoms with Gasteiger partial charge in [0.2, 0.25) is 0 Å². The number of esters is 1. The molecular formula is C16H20O3. The number of allylic oxidation sites excluding steroid dienone is 3. The quantitative estimate of drug-likeness (QED) is 0.538. The summed E-state index contributed by atoms with van der Waals surface area (Å²) in [5, 5.41) is 0. The normalized spacial score (nSPS) is 44.1. The Kier molecular flexibility index (Phi) is 2.39. The van der Waals surface area contributed by atoms with Crippen molar-refractivity contribution in [2.24, 2.45) is 22.7 Å². The number of methoxy groups -OCH3 is 1. The summed E-state index contributed by atoms with van der Waals surface area (Å²) in [5.41, 5.74) is 1.01. The average Bonchev–Trinajstić information content (AvgIpc) is 2.93. The molecule has 0 radical (unpaired) electrons. The van der Waals surface area contributed by atoms with E-state index in [0.29, 0.717) is 11.5 Å². The monoisotopic (exact) mass is 260 g/mol. The molecule has 19 heavy (non-hydrogen) atoms. The van der Waals surface area contributed by atoms with Crippen molar-refractivity contribution in [2.75, 3.05) is 7.11 Å². The van der Waals surface area contributed by atoms with Gasteiger partial charge in [-0.05, 0) is 44.1 Å². The van der Waals surface area contributed by atoms with Crippen LogP contribution in [0, 0.1) is 22.7 Å². The fourth-order valence-corrected chi connectivity index (χ4v) is 4.90. The lowest BCUT2D eigenvalue weighted by Gasteiger charge is -2.39. The van der Waals surface area contributed by atoms with Crippen molar-refractivity contribution in [1.29, 1.82) is 0 Å². The summed E-state index contributed by atoms with van der Waals surface area (Å²) in [7, 11) is 1.45. The van der Waals surface area contributed by atoms with E-state index in [1.165, 1.54) is 12.7 Å². The maximum absolute atomic E-state index is 12.2. The van der Waals surface area contributed by atoms with Crippen LogP contribution in [0.5, 0.6) is 0 Å². The van der Waals surface area contributed by atoms with Crippen LogP contribution in [0.3, 0.4) is 0 Å². The van der Waals surface area contributed by atoms with Crippen LogP contribution < -0.4 is 0 Å². The first-order valence-electron chi connectivity index (χ1n) is 6.89. The molecule has 0 N–H and O–H groups in total. The Balaban J connectivity index is 2.10. The van der Waals surface area contributed by atoms with E-state index in [-0.39, 0.29) is 23.1 Å². The van der Waals surface area contributed by atoms with Gasteiger partial charge in [-0.2, -0.15) is 0 Å². The molecule has 3 rings (SSSR count). The molecule has 2 saturated carbocycles. The van der Waals surface area contributed by atoms with Gasteiger partial charge < -0.3 is 4.74 Å². The van der Waals surface area contributed by atoms with E-state index in [0.717, 1.165) is 19.3 Å². The molecule has 3 aliphatic carbocycles. The fourth-order valence-electron chi connectivity index (χ4n) is 4.90. The van der Waals surface area contributed by atoms with Gasteiger partial charge in [-0.15, -0.1) is 0 Å². The topological polar surface area (TPSA) is 43.4 Å². The zero-order valence-electron chi connectivity index (χ0n) is 11.8. The number of hydrogen-bond acceptors (Lipinski definition) is 3. The summed E-state index contributed by atoms with van der Waals surface area (Å²) in [5.74, 6) is 0.521. The Morgan fingerprint density at radius 1 is 1.47 bits per heavy atom. The number of ether oxygens (including phenoxy) is 1. The Bertz CT molecular complexity index is 530. The second kappa shape index (κ2) is 3.59. The van der Waals surface area contributed by atoms with Crippen LogP contribution in [0.15, 0.2) is 23.8 Å². The third-order valence-electron chi connectivity index (χ3n) is 5.84. The number of ketones is 1. The lowest BCUT2D eigenvalue weighted by molar-refractivity contribution is -0.156. The Labute approximate surface area is 113 Å². The average molecular weight is 260 g/mol. The predicted octanol–water partition coefficient (Wildman–Crippen LogP) is 2.67. The van der Waals surface area contributed by atoms with Crippen molar-refractivity contribution >= 4 is 11.8 Å². The maximum atomic E-state index is 12.2. The number of rotatable bonds is 1. The molecule has 0 aromatic heterocycles. The molecule has 0 unspecified atom stereocenters. The summed E-state index contributed by atoms with van der Waals surface area (Å²) >= 11 is 0. The van der Waals surface area contributed by atoms with Crippen LogP contribution in [0.4, 0.5) is 0 Å². The SMILES string of the molecule is C=C1C(=O)C=C2C[C@@H]3CC[C@@](C)(C(=O)OC)[C@@H]3[C@@]12C. The molecule has 102 valence electrons. The van der Waals surface area contributed by atoms with Crippen molar-refractivity contribution in [3.05, 3.63) is 23.8 Å². The van der Waals surface area contributed by atoms with Gasteiger partial charge in [0.1, 0.15) is 0 Å². The molecule has 0 spiro atoms. The molecule has 0 aromatic carbocycles. The smallest absolute Gasteiger partial charge is 0.311 e. The van der Waals surface area contributed by atoms with Gasteiger partial charge in [0.15, 0.2) is 5.78 Å². The zero-order chi connectivity index (χ0) is 14.0. The van der Waals surface area contributed by atoms with Crippen LogP contribution in [0.2, 0.25) is 0 Å². The van der Waals surface area contributed by atoms with Crippen molar-refractivity contribution in [3.8, 4) is 0 Å². The van der Waals surface area contributed by atoms with E-state index < -0.39 is 5.41 Å². The molecule has 3 heteroatoms. The molecule has 0 aliphatic heterocycles. The van der Waals surface area contributed by atoms with E-state index in [1.54, 1.807) is 6.08 Å². The van der Waals surface area contributed by atoms with Crippen LogP contribution in [-0.2, 0) is 14.3 Å². The lowest BCUT2D eigenvalue weighted by atomic mass is 9.63. The van der Waals surface area contributed by atoms with E-state index in [1.807, 2.05) is 6.92 Å². The van der Waals surface area contributed by atoms with Crippen molar-refractivity contribution in [1.82, 2.24) is 0 Å². The van der Waals surface area contributed by atoms with Gasteiger partial charge >= 0.3 is 5.97 Å². The minimum atomic E-state index is -0.489. The van der Waals surface area contributed by atoms with E-state index in [9.17, 15) is 9.59 Å². The van der Waals surface area contributed by atoms with E-state index in [2.05, 4.69) is 13.5 Å². The van der Waals surface area contributed by atoms with Crippen molar-refractivity contribution < 1.29 is 14.3 Å². The number of carbonyl (C=O) groups is 2. The second-order valence-corrected chi connectivity index (χ2v) is 6.60. The zero-order valence-corrected chi connectivity index (χ0v) is 11.8. The Morgan fingerprint density at radius 3 is 2.79 bits per heavy atom. The van der Waals surface area contributed by atoms with Crippen LogP contribution in [0.1, 0.15) is 33.1 Å². The molecule has 2 fully saturated rings. The highest BCUT2D eigenvalue weighted by molar-refractivity contribution is 6.09. The summed E-state index contributed by atoms with van der Waals surface area (Å²) in [6.45, 7) is 8.09. The fraction of sp³-hybridized carbons (Fsp3) is 0.625. The number of carbonyl (C=O) groups excluding carboxylic acids is 2. The Morgan fingerprint density at radius 2 is 2.16 bits per heavy atom. The summed E-state index contributed by atoms with van der Waals surface area (Å²) in [6, 6.07) is 0. The highest BCUT2D eigenvalue weighted by Crippen LogP contribution is 2.68. The molecule has 0 amide bonds. The largest absolute Gasteiger partial charge is 0.469 e. The first-order chi connectivity index (χ1) is 8.85. The highest BCUT2D eigenvalue weighted by atomic mass is 16.5. The third-order valence-corrected chi connectivity index (χ3v) is 5.84. The standard InChI is InChI=1S/C16H20O3/c1-9-12(17)8-11-7-10-5-6-15(2,14(18)19-4)13(10)16(9,11)3/h8,10,13H,1,5-7H2,2-4H3/t10-,13+,15+,16-/m0/s1. The highest BCUT2D eigenvalue weighted by Gasteiger charge is 2.65. The first kappa shape index (κ1) is 12.6. The minimum Gasteiger partial charge on any atom is -0.469 e. The van der Waals surface area contributed by atoms with Gasteiger partial charge in [-0.1, -0.05) is 19.1 Å².